The fourth-order valence-corrected chi connectivity index (χ4v) is 2.58. The van der Waals surface area contributed by atoms with E-state index in [1.54, 1.807) is 0 Å². The average molecular weight is 276 g/mol. The fourth-order valence-electron chi connectivity index (χ4n) is 2.58. The number of amides is 1. The van der Waals surface area contributed by atoms with Crippen LogP contribution in [0.4, 0.5) is 0 Å². The van der Waals surface area contributed by atoms with Crippen LogP contribution >= 0.6 is 0 Å². The largest absolute Gasteiger partial charge is 0.484 e. The zero-order valence-electron chi connectivity index (χ0n) is 12.2. The van der Waals surface area contributed by atoms with Crippen molar-refractivity contribution in [3.8, 4) is 5.75 Å². The number of carbonyl (C=O) groups is 1. The molecule has 110 valence electrons. The maximum Gasteiger partial charge on any atom is 0.260 e. The summed E-state index contributed by atoms with van der Waals surface area (Å²) in [6.07, 6.45) is 3.49. The van der Waals surface area contributed by atoms with Gasteiger partial charge in [0.15, 0.2) is 6.61 Å². The first kappa shape index (κ1) is 14.9. The molecule has 1 amide bonds. The SMILES string of the molecule is CCC1CCCN(C(=O)COc2ccc(CN)cc2)C1. The van der Waals surface area contributed by atoms with E-state index in [4.69, 9.17) is 10.5 Å². The van der Waals surface area contributed by atoms with Crippen LogP contribution in [0.25, 0.3) is 0 Å². The number of carbonyl (C=O) groups excluding carboxylic acids is 1. The molecule has 0 radical (unpaired) electrons. The number of hydrogen-bond acceptors (Lipinski definition) is 3. The minimum atomic E-state index is 0.0889. The maximum atomic E-state index is 12.1. The zero-order chi connectivity index (χ0) is 14.4. The number of benzene rings is 1. The van der Waals surface area contributed by atoms with Crippen molar-refractivity contribution < 1.29 is 9.53 Å². The highest BCUT2D eigenvalue weighted by atomic mass is 16.5. The second-order valence-electron chi connectivity index (χ2n) is 5.39. The summed E-state index contributed by atoms with van der Waals surface area (Å²) < 4.78 is 5.56. The van der Waals surface area contributed by atoms with Gasteiger partial charge in [-0.05, 0) is 36.5 Å². The molecule has 2 N–H and O–H groups in total. The molecule has 0 saturated carbocycles. The predicted molar refractivity (Wildman–Crippen MR) is 79.4 cm³/mol. The van der Waals surface area contributed by atoms with Crippen LogP contribution in [0.15, 0.2) is 24.3 Å². The molecule has 1 aliphatic rings. The van der Waals surface area contributed by atoms with Crippen molar-refractivity contribution in [1.29, 1.82) is 0 Å². The Morgan fingerprint density at radius 3 is 2.80 bits per heavy atom. The molecule has 20 heavy (non-hydrogen) atoms. The van der Waals surface area contributed by atoms with Crippen LogP contribution in [0.2, 0.25) is 0 Å². The summed E-state index contributed by atoms with van der Waals surface area (Å²) in [5.41, 5.74) is 6.60. The van der Waals surface area contributed by atoms with Gasteiger partial charge in [0.25, 0.3) is 5.91 Å². The first-order valence-corrected chi connectivity index (χ1v) is 7.42. The molecule has 2 rings (SSSR count). The van der Waals surface area contributed by atoms with Gasteiger partial charge in [-0.25, -0.2) is 0 Å². The van der Waals surface area contributed by atoms with E-state index in [9.17, 15) is 4.79 Å². The summed E-state index contributed by atoms with van der Waals surface area (Å²) in [4.78, 5) is 14.1. The summed E-state index contributed by atoms with van der Waals surface area (Å²) in [7, 11) is 0. The maximum absolute atomic E-state index is 12.1. The lowest BCUT2D eigenvalue weighted by atomic mass is 9.96. The number of piperidine rings is 1. The number of rotatable bonds is 5. The molecule has 4 heteroatoms. The third-order valence-electron chi connectivity index (χ3n) is 3.97. The van der Waals surface area contributed by atoms with E-state index in [1.807, 2.05) is 29.2 Å². The van der Waals surface area contributed by atoms with Crippen molar-refractivity contribution in [2.24, 2.45) is 11.7 Å². The van der Waals surface area contributed by atoms with Crippen molar-refractivity contribution in [3.05, 3.63) is 29.8 Å². The third kappa shape index (κ3) is 3.97. The first-order chi connectivity index (χ1) is 9.72. The monoisotopic (exact) mass is 276 g/mol. The highest BCUT2D eigenvalue weighted by Gasteiger charge is 2.22. The minimum absolute atomic E-state index is 0.0889. The minimum Gasteiger partial charge on any atom is -0.484 e. The van der Waals surface area contributed by atoms with E-state index in [0.29, 0.717) is 12.5 Å². The number of nitrogens with two attached hydrogens (primary N) is 1. The van der Waals surface area contributed by atoms with Gasteiger partial charge in [-0.3, -0.25) is 4.79 Å². The van der Waals surface area contributed by atoms with Crippen molar-refractivity contribution >= 4 is 5.91 Å². The second kappa shape index (κ2) is 7.29. The highest BCUT2D eigenvalue weighted by molar-refractivity contribution is 5.77. The number of ether oxygens (including phenoxy) is 1. The lowest BCUT2D eigenvalue weighted by Gasteiger charge is -2.32. The van der Waals surface area contributed by atoms with Crippen molar-refractivity contribution in [2.75, 3.05) is 19.7 Å². The Balaban J connectivity index is 1.81. The normalized spacial score (nSPS) is 18.9. The molecule has 4 nitrogen and oxygen atoms in total. The Bertz CT molecular complexity index is 431. The molecular weight excluding hydrogens is 252 g/mol. The molecule has 1 aromatic rings. The molecule has 0 aromatic heterocycles. The van der Waals surface area contributed by atoms with Crippen LogP contribution in [0, 0.1) is 5.92 Å². The van der Waals surface area contributed by atoms with E-state index < -0.39 is 0 Å². The molecule has 1 aliphatic heterocycles. The summed E-state index contributed by atoms with van der Waals surface area (Å²) in [5, 5.41) is 0. The predicted octanol–water partition coefficient (Wildman–Crippen LogP) is 2.17. The van der Waals surface area contributed by atoms with E-state index in [2.05, 4.69) is 6.92 Å². The van der Waals surface area contributed by atoms with E-state index in [0.717, 1.165) is 37.2 Å². The summed E-state index contributed by atoms with van der Waals surface area (Å²) in [5.74, 6) is 1.46. The first-order valence-electron chi connectivity index (χ1n) is 7.42. The molecule has 1 aromatic carbocycles. The van der Waals surface area contributed by atoms with Gasteiger partial charge in [0.1, 0.15) is 5.75 Å². The average Bonchev–Trinajstić information content (AvgIpc) is 2.53. The highest BCUT2D eigenvalue weighted by Crippen LogP contribution is 2.19. The standard InChI is InChI=1S/C16H24N2O2/c1-2-13-4-3-9-18(11-13)16(19)12-20-15-7-5-14(10-17)6-8-15/h5-8,13H,2-4,9-12,17H2,1H3. The molecule has 0 spiro atoms. The van der Waals surface area contributed by atoms with Crippen molar-refractivity contribution in [1.82, 2.24) is 4.90 Å². The zero-order valence-corrected chi connectivity index (χ0v) is 12.2. The van der Waals surface area contributed by atoms with Crippen LogP contribution in [0.3, 0.4) is 0 Å². The Kier molecular flexibility index (Phi) is 5.41. The van der Waals surface area contributed by atoms with Crippen LogP contribution < -0.4 is 10.5 Å². The molecular formula is C16H24N2O2. The van der Waals surface area contributed by atoms with Gasteiger partial charge in [0.2, 0.25) is 0 Å². The Morgan fingerprint density at radius 2 is 2.15 bits per heavy atom. The molecule has 1 heterocycles. The molecule has 1 atom stereocenters. The Morgan fingerprint density at radius 1 is 1.40 bits per heavy atom. The fraction of sp³-hybridized carbons (Fsp3) is 0.562. The van der Waals surface area contributed by atoms with Crippen LogP contribution in [-0.4, -0.2) is 30.5 Å². The van der Waals surface area contributed by atoms with Crippen molar-refractivity contribution in [3.63, 3.8) is 0 Å². The van der Waals surface area contributed by atoms with Gasteiger partial charge in [0.05, 0.1) is 0 Å². The molecule has 0 aliphatic carbocycles. The van der Waals surface area contributed by atoms with E-state index in [-0.39, 0.29) is 12.5 Å². The van der Waals surface area contributed by atoms with Crippen LogP contribution in [0.1, 0.15) is 31.7 Å². The smallest absolute Gasteiger partial charge is 0.260 e. The molecule has 0 bridgehead atoms. The van der Waals surface area contributed by atoms with Crippen LogP contribution in [-0.2, 0) is 11.3 Å². The van der Waals surface area contributed by atoms with Gasteiger partial charge in [-0.1, -0.05) is 25.5 Å². The lowest BCUT2D eigenvalue weighted by molar-refractivity contribution is -0.135. The second-order valence-corrected chi connectivity index (χ2v) is 5.39. The van der Waals surface area contributed by atoms with Gasteiger partial charge in [0, 0.05) is 19.6 Å². The summed E-state index contributed by atoms with van der Waals surface area (Å²) >= 11 is 0. The molecule has 1 saturated heterocycles. The lowest BCUT2D eigenvalue weighted by Crippen LogP contribution is -2.42. The number of hydrogen-bond donors (Lipinski definition) is 1. The summed E-state index contributed by atoms with van der Waals surface area (Å²) in [6, 6.07) is 7.57. The quantitative estimate of drug-likeness (QED) is 0.896. The topological polar surface area (TPSA) is 55.6 Å². The van der Waals surface area contributed by atoms with Gasteiger partial charge in [-0.15, -0.1) is 0 Å². The molecule has 1 fully saturated rings. The number of likely N-dealkylation sites (tertiary alicyclic amines) is 1. The van der Waals surface area contributed by atoms with Crippen molar-refractivity contribution in [2.45, 2.75) is 32.7 Å². The Hall–Kier alpha value is -1.55. The Labute approximate surface area is 120 Å². The van der Waals surface area contributed by atoms with E-state index in [1.165, 1.54) is 6.42 Å². The summed E-state index contributed by atoms with van der Waals surface area (Å²) in [6.45, 7) is 4.58. The van der Waals surface area contributed by atoms with Gasteiger partial charge < -0.3 is 15.4 Å². The number of nitrogens with zero attached hydrogens (tertiary/aromatic N) is 1. The molecule has 1 unspecified atom stereocenters. The van der Waals surface area contributed by atoms with Gasteiger partial charge in [-0.2, -0.15) is 0 Å². The van der Waals surface area contributed by atoms with E-state index >= 15 is 0 Å². The van der Waals surface area contributed by atoms with Gasteiger partial charge >= 0.3 is 0 Å². The third-order valence-corrected chi connectivity index (χ3v) is 3.97. The van der Waals surface area contributed by atoms with Crippen LogP contribution in [0.5, 0.6) is 5.75 Å².